The minimum atomic E-state index is -3.86. The second kappa shape index (κ2) is 8.06. The van der Waals surface area contributed by atoms with Crippen LogP contribution in [0, 0.1) is 5.82 Å². The molecular weight excluding hydrogens is 345 g/mol. The topological polar surface area (TPSA) is 79.4 Å². The first-order chi connectivity index (χ1) is 11.8. The van der Waals surface area contributed by atoms with Gasteiger partial charge in [0.25, 0.3) is 0 Å². The Morgan fingerprint density at radius 3 is 2.48 bits per heavy atom. The summed E-state index contributed by atoms with van der Waals surface area (Å²) in [7, 11) is -3.86. The Labute approximate surface area is 146 Å². The van der Waals surface area contributed by atoms with E-state index >= 15 is 0 Å². The maximum Gasteiger partial charge on any atom is 0.244 e. The van der Waals surface area contributed by atoms with E-state index in [2.05, 4.69) is 10.3 Å². The maximum absolute atomic E-state index is 14.1. The van der Waals surface area contributed by atoms with Gasteiger partial charge in [0.15, 0.2) is 0 Å². The molecule has 1 aromatic carbocycles. The molecule has 1 atom stereocenters. The predicted molar refractivity (Wildman–Crippen MR) is 93.9 cm³/mol. The van der Waals surface area contributed by atoms with Gasteiger partial charge in [0.05, 0.1) is 24.2 Å². The van der Waals surface area contributed by atoms with Gasteiger partial charge >= 0.3 is 0 Å². The Morgan fingerprint density at radius 2 is 1.92 bits per heavy atom. The molecule has 2 aromatic rings. The van der Waals surface area contributed by atoms with Crippen molar-refractivity contribution in [3.63, 3.8) is 0 Å². The lowest BCUT2D eigenvalue weighted by Crippen LogP contribution is -2.49. The summed E-state index contributed by atoms with van der Waals surface area (Å²) < 4.78 is 39.4. The molecule has 0 bridgehead atoms. The van der Waals surface area contributed by atoms with E-state index in [1.54, 1.807) is 31.3 Å². The number of para-hydroxylation sites is 1. The van der Waals surface area contributed by atoms with Crippen molar-refractivity contribution in [1.29, 1.82) is 0 Å². The number of nitrogens with one attached hydrogen (secondary N) is 1. The number of sulfonamides is 1. The second-order valence-electron chi connectivity index (χ2n) is 5.47. The summed E-state index contributed by atoms with van der Waals surface area (Å²) in [6, 6.07) is 9.70. The third-order valence-electron chi connectivity index (χ3n) is 3.59. The number of aromatic nitrogens is 1. The zero-order valence-corrected chi connectivity index (χ0v) is 14.8. The Balaban J connectivity index is 2.27. The van der Waals surface area contributed by atoms with Crippen LogP contribution in [-0.2, 0) is 21.4 Å². The normalized spacial score (nSPS) is 12.4. The summed E-state index contributed by atoms with van der Waals surface area (Å²) in [5, 5.41) is 2.66. The van der Waals surface area contributed by atoms with Crippen LogP contribution in [0.3, 0.4) is 0 Å². The summed E-state index contributed by atoms with van der Waals surface area (Å²) in [5.41, 5.74) is 0.493. The van der Waals surface area contributed by atoms with Gasteiger partial charge < -0.3 is 5.32 Å². The average Bonchev–Trinajstić information content (AvgIpc) is 2.58. The van der Waals surface area contributed by atoms with Crippen LogP contribution in [0.15, 0.2) is 48.7 Å². The van der Waals surface area contributed by atoms with Crippen LogP contribution in [0.2, 0.25) is 0 Å². The van der Waals surface area contributed by atoms with Crippen LogP contribution >= 0.6 is 0 Å². The molecule has 25 heavy (non-hydrogen) atoms. The number of carbonyl (C=O) groups is 1. The van der Waals surface area contributed by atoms with Crippen LogP contribution in [0.1, 0.15) is 19.0 Å². The highest BCUT2D eigenvalue weighted by molar-refractivity contribution is 7.92. The molecule has 0 spiro atoms. The third-order valence-corrected chi connectivity index (χ3v) is 4.76. The van der Waals surface area contributed by atoms with E-state index in [1.807, 2.05) is 0 Å². The highest BCUT2D eigenvalue weighted by atomic mass is 32.2. The molecule has 0 aliphatic carbocycles. The quantitative estimate of drug-likeness (QED) is 0.815. The molecule has 8 heteroatoms. The number of anilines is 1. The third kappa shape index (κ3) is 4.76. The van der Waals surface area contributed by atoms with Gasteiger partial charge in [0.2, 0.25) is 15.9 Å². The second-order valence-corrected chi connectivity index (χ2v) is 7.33. The minimum absolute atomic E-state index is 0.148. The number of amides is 1. The molecule has 1 heterocycles. The highest BCUT2D eigenvalue weighted by Gasteiger charge is 2.32. The Hall–Kier alpha value is -2.48. The van der Waals surface area contributed by atoms with Gasteiger partial charge in [-0.05, 0) is 30.7 Å². The first kappa shape index (κ1) is 18.9. The Morgan fingerprint density at radius 1 is 1.24 bits per heavy atom. The van der Waals surface area contributed by atoms with Crippen LogP contribution < -0.4 is 9.62 Å². The lowest BCUT2D eigenvalue weighted by molar-refractivity contribution is -0.122. The SMILES string of the molecule is CC[C@@H](C(=O)NCc1ccccn1)N(c1ccccc1F)S(C)(=O)=O. The number of nitrogens with zero attached hydrogens (tertiary/aromatic N) is 2. The lowest BCUT2D eigenvalue weighted by atomic mass is 10.2. The largest absolute Gasteiger partial charge is 0.349 e. The zero-order valence-electron chi connectivity index (χ0n) is 14.0. The Kier molecular flexibility index (Phi) is 6.08. The van der Waals surface area contributed by atoms with Crippen molar-refractivity contribution in [3.8, 4) is 0 Å². The molecule has 0 radical (unpaired) electrons. The molecule has 1 N–H and O–H groups in total. The van der Waals surface area contributed by atoms with Gasteiger partial charge in [-0.3, -0.25) is 14.1 Å². The first-order valence-corrected chi connectivity index (χ1v) is 9.61. The van der Waals surface area contributed by atoms with E-state index in [1.165, 1.54) is 18.2 Å². The zero-order chi connectivity index (χ0) is 18.4. The number of benzene rings is 1. The van der Waals surface area contributed by atoms with E-state index in [0.29, 0.717) is 5.69 Å². The summed E-state index contributed by atoms with van der Waals surface area (Å²) in [6.07, 6.45) is 2.74. The van der Waals surface area contributed by atoms with Crippen LogP contribution in [0.4, 0.5) is 10.1 Å². The van der Waals surface area contributed by atoms with Crippen LogP contribution in [-0.4, -0.2) is 31.6 Å². The summed E-state index contributed by atoms with van der Waals surface area (Å²) in [5.74, 6) is -1.22. The fourth-order valence-electron chi connectivity index (χ4n) is 2.46. The number of rotatable bonds is 7. The molecule has 1 amide bonds. The first-order valence-electron chi connectivity index (χ1n) is 7.76. The van der Waals surface area contributed by atoms with Crippen molar-refractivity contribution in [2.45, 2.75) is 25.9 Å². The molecule has 0 aliphatic heterocycles. The molecule has 0 fully saturated rings. The standard InChI is InChI=1S/C17H20FN3O3S/c1-3-15(17(22)20-12-13-8-6-7-11-19-13)21(25(2,23)24)16-10-5-4-9-14(16)18/h4-11,15H,3,12H2,1-2H3,(H,20,22)/t15-/m0/s1. The van der Waals surface area contributed by atoms with Crippen LogP contribution in [0.5, 0.6) is 0 Å². The predicted octanol–water partition coefficient (Wildman–Crippen LogP) is 2.08. The molecule has 2 rings (SSSR count). The van der Waals surface area contributed by atoms with Gasteiger partial charge in [-0.1, -0.05) is 25.1 Å². The van der Waals surface area contributed by atoms with E-state index < -0.39 is 27.8 Å². The number of carbonyl (C=O) groups excluding carboxylic acids is 1. The monoisotopic (exact) mass is 365 g/mol. The van der Waals surface area contributed by atoms with Crippen LogP contribution in [0.25, 0.3) is 0 Å². The molecular formula is C17H20FN3O3S. The highest BCUT2D eigenvalue weighted by Crippen LogP contribution is 2.25. The van der Waals surface area contributed by atoms with Gasteiger partial charge in [-0.25, -0.2) is 12.8 Å². The smallest absolute Gasteiger partial charge is 0.244 e. The summed E-state index contributed by atoms with van der Waals surface area (Å²) in [4.78, 5) is 16.6. The number of halogens is 1. The van der Waals surface area contributed by atoms with Crippen molar-refractivity contribution in [3.05, 3.63) is 60.2 Å². The molecule has 134 valence electrons. The fraction of sp³-hybridized carbons (Fsp3) is 0.294. The van der Waals surface area contributed by atoms with Gasteiger partial charge in [0, 0.05) is 6.20 Å². The van der Waals surface area contributed by atoms with Crippen molar-refractivity contribution in [2.24, 2.45) is 0 Å². The fourth-order valence-corrected chi connectivity index (χ4v) is 3.68. The average molecular weight is 365 g/mol. The van der Waals surface area contributed by atoms with E-state index in [4.69, 9.17) is 0 Å². The van der Waals surface area contributed by atoms with Crippen molar-refractivity contribution in [2.75, 3.05) is 10.6 Å². The minimum Gasteiger partial charge on any atom is -0.349 e. The van der Waals surface area contributed by atoms with Crippen molar-refractivity contribution >= 4 is 21.6 Å². The van der Waals surface area contributed by atoms with Gasteiger partial charge in [-0.2, -0.15) is 0 Å². The van der Waals surface area contributed by atoms with Gasteiger partial charge in [0.1, 0.15) is 11.9 Å². The van der Waals surface area contributed by atoms with Gasteiger partial charge in [-0.15, -0.1) is 0 Å². The number of hydrogen-bond donors (Lipinski definition) is 1. The lowest BCUT2D eigenvalue weighted by Gasteiger charge is -2.30. The van der Waals surface area contributed by atoms with Crippen molar-refractivity contribution in [1.82, 2.24) is 10.3 Å². The molecule has 1 aromatic heterocycles. The van der Waals surface area contributed by atoms with E-state index in [0.717, 1.165) is 16.6 Å². The maximum atomic E-state index is 14.1. The molecule has 0 saturated carbocycles. The van der Waals surface area contributed by atoms with Crippen molar-refractivity contribution < 1.29 is 17.6 Å². The summed E-state index contributed by atoms with van der Waals surface area (Å²) in [6.45, 7) is 1.83. The Bertz CT molecular complexity index is 828. The van der Waals surface area contributed by atoms with E-state index in [9.17, 15) is 17.6 Å². The molecule has 0 saturated heterocycles. The van der Waals surface area contributed by atoms with E-state index in [-0.39, 0.29) is 18.7 Å². The molecule has 0 unspecified atom stereocenters. The number of hydrogen-bond acceptors (Lipinski definition) is 4. The molecule has 6 nitrogen and oxygen atoms in total. The number of pyridine rings is 1. The summed E-state index contributed by atoms with van der Waals surface area (Å²) >= 11 is 0. The molecule has 0 aliphatic rings.